The van der Waals surface area contributed by atoms with Crippen molar-refractivity contribution in [3.8, 4) is 0 Å². The smallest absolute Gasteiger partial charge is 0.303 e. The van der Waals surface area contributed by atoms with Gasteiger partial charge in [-0.15, -0.1) is 0 Å². The van der Waals surface area contributed by atoms with E-state index in [-0.39, 0.29) is 0 Å². The molecule has 0 aliphatic heterocycles. The molecule has 0 saturated heterocycles. The third-order valence-electron chi connectivity index (χ3n) is 2.24. The Kier molecular flexibility index (Phi) is 17.1. The summed E-state index contributed by atoms with van der Waals surface area (Å²) in [5, 5.41) is 8.39. The average Bonchev–Trinajstić information content (AvgIpc) is 2.21. The van der Waals surface area contributed by atoms with Gasteiger partial charge in [0, 0.05) is 6.42 Å². The number of carboxylic acids is 1. The minimum Gasteiger partial charge on any atom is -0.481 e. The molecule has 0 aliphatic carbocycles. The van der Waals surface area contributed by atoms with E-state index < -0.39 is 5.97 Å². The molecule has 104 valence electrons. The molecular formula is C14H31NO2. The Morgan fingerprint density at radius 3 is 1.59 bits per heavy atom. The van der Waals surface area contributed by atoms with E-state index >= 15 is 0 Å². The molecule has 0 spiro atoms. The Hall–Kier alpha value is -0.570. The fourth-order valence-corrected chi connectivity index (χ4v) is 1.41. The predicted octanol–water partition coefficient (Wildman–Crippen LogP) is 3.78. The van der Waals surface area contributed by atoms with Crippen molar-refractivity contribution in [1.82, 2.24) is 4.90 Å². The Balaban J connectivity index is 0. The highest BCUT2D eigenvalue weighted by molar-refractivity contribution is 5.66. The maximum atomic E-state index is 10.2. The van der Waals surface area contributed by atoms with Gasteiger partial charge in [-0.3, -0.25) is 4.79 Å². The summed E-state index contributed by atoms with van der Waals surface area (Å²) in [6.07, 6.45) is 10.1. The molecule has 3 heteroatoms. The SMILES string of the molecule is CCCCCCCCCCC(=O)O.CN(C)C. The minimum atomic E-state index is -0.661. The van der Waals surface area contributed by atoms with E-state index in [1.165, 1.54) is 38.5 Å². The van der Waals surface area contributed by atoms with Crippen LogP contribution >= 0.6 is 0 Å². The van der Waals surface area contributed by atoms with Gasteiger partial charge in [0.05, 0.1) is 0 Å². The molecule has 0 heterocycles. The maximum absolute atomic E-state index is 10.2. The molecule has 0 radical (unpaired) electrons. The molecule has 0 fully saturated rings. The minimum absolute atomic E-state index is 0.342. The van der Waals surface area contributed by atoms with Crippen molar-refractivity contribution in [3.63, 3.8) is 0 Å². The van der Waals surface area contributed by atoms with Gasteiger partial charge in [0.25, 0.3) is 0 Å². The van der Waals surface area contributed by atoms with E-state index in [2.05, 4.69) is 6.92 Å². The quantitative estimate of drug-likeness (QED) is 0.628. The zero-order valence-electron chi connectivity index (χ0n) is 12.2. The molecule has 0 amide bonds. The monoisotopic (exact) mass is 245 g/mol. The lowest BCUT2D eigenvalue weighted by Crippen LogP contribution is -1.99. The molecule has 0 aromatic heterocycles. The second-order valence-corrected chi connectivity index (χ2v) is 4.96. The van der Waals surface area contributed by atoms with Gasteiger partial charge in [0.1, 0.15) is 0 Å². The largest absolute Gasteiger partial charge is 0.481 e. The van der Waals surface area contributed by atoms with Gasteiger partial charge in [-0.1, -0.05) is 51.9 Å². The molecule has 0 bridgehead atoms. The summed E-state index contributed by atoms with van der Waals surface area (Å²) in [7, 11) is 6.00. The van der Waals surface area contributed by atoms with Crippen molar-refractivity contribution < 1.29 is 9.90 Å². The first kappa shape index (κ1) is 18.8. The Morgan fingerprint density at radius 1 is 0.882 bits per heavy atom. The summed E-state index contributed by atoms with van der Waals surface area (Å²) < 4.78 is 0. The number of rotatable bonds is 9. The van der Waals surface area contributed by atoms with Crippen LogP contribution in [-0.4, -0.2) is 37.1 Å². The fraction of sp³-hybridized carbons (Fsp3) is 0.929. The van der Waals surface area contributed by atoms with Gasteiger partial charge in [0.15, 0.2) is 0 Å². The summed E-state index contributed by atoms with van der Waals surface area (Å²) in [5.74, 6) is -0.661. The molecule has 0 rings (SSSR count). The van der Waals surface area contributed by atoms with Crippen molar-refractivity contribution in [3.05, 3.63) is 0 Å². The van der Waals surface area contributed by atoms with Crippen LogP contribution in [-0.2, 0) is 4.79 Å². The van der Waals surface area contributed by atoms with Crippen molar-refractivity contribution in [1.29, 1.82) is 0 Å². The number of hydrogen-bond acceptors (Lipinski definition) is 2. The summed E-state index contributed by atoms with van der Waals surface area (Å²) in [5.41, 5.74) is 0. The third-order valence-corrected chi connectivity index (χ3v) is 2.24. The highest BCUT2D eigenvalue weighted by Gasteiger charge is 1.95. The van der Waals surface area contributed by atoms with Gasteiger partial charge < -0.3 is 10.0 Å². The van der Waals surface area contributed by atoms with Crippen molar-refractivity contribution in [2.24, 2.45) is 0 Å². The first-order valence-corrected chi connectivity index (χ1v) is 6.83. The lowest BCUT2D eigenvalue weighted by molar-refractivity contribution is -0.137. The Morgan fingerprint density at radius 2 is 1.24 bits per heavy atom. The zero-order valence-corrected chi connectivity index (χ0v) is 12.2. The lowest BCUT2D eigenvalue weighted by Gasteiger charge is -1.99. The molecular weight excluding hydrogens is 214 g/mol. The number of aliphatic carboxylic acids is 1. The van der Waals surface area contributed by atoms with Gasteiger partial charge in [0.2, 0.25) is 0 Å². The molecule has 0 aliphatic rings. The van der Waals surface area contributed by atoms with Crippen LogP contribution < -0.4 is 0 Å². The number of hydrogen-bond donors (Lipinski definition) is 1. The standard InChI is InChI=1S/C11H22O2.C3H9N/c1-2-3-4-5-6-7-8-9-10-11(12)13;1-4(2)3/h2-10H2,1H3,(H,12,13);1-3H3. The second-order valence-electron chi connectivity index (χ2n) is 4.96. The van der Waals surface area contributed by atoms with Crippen LogP contribution in [0.15, 0.2) is 0 Å². The van der Waals surface area contributed by atoms with Gasteiger partial charge in [-0.05, 0) is 27.6 Å². The van der Waals surface area contributed by atoms with Gasteiger partial charge in [-0.2, -0.15) is 0 Å². The molecule has 0 saturated carbocycles. The van der Waals surface area contributed by atoms with E-state index in [4.69, 9.17) is 5.11 Å². The van der Waals surface area contributed by atoms with Gasteiger partial charge >= 0.3 is 5.97 Å². The topological polar surface area (TPSA) is 40.5 Å². The highest BCUT2D eigenvalue weighted by Crippen LogP contribution is 2.09. The van der Waals surface area contributed by atoms with E-state index in [9.17, 15) is 4.79 Å². The van der Waals surface area contributed by atoms with Crippen LogP contribution in [0.5, 0.6) is 0 Å². The van der Waals surface area contributed by atoms with Crippen LogP contribution in [0.4, 0.5) is 0 Å². The molecule has 3 nitrogen and oxygen atoms in total. The summed E-state index contributed by atoms with van der Waals surface area (Å²) in [4.78, 5) is 12.2. The molecule has 0 aromatic carbocycles. The van der Waals surface area contributed by atoms with E-state index in [0.29, 0.717) is 6.42 Å². The predicted molar refractivity (Wildman–Crippen MR) is 74.5 cm³/mol. The van der Waals surface area contributed by atoms with Gasteiger partial charge in [-0.25, -0.2) is 0 Å². The molecule has 17 heavy (non-hydrogen) atoms. The summed E-state index contributed by atoms with van der Waals surface area (Å²) in [6, 6.07) is 0. The lowest BCUT2D eigenvalue weighted by atomic mass is 10.1. The van der Waals surface area contributed by atoms with E-state index in [1.54, 1.807) is 0 Å². The van der Waals surface area contributed by atoms with Crippen molar-refractivity contribution in [2.75, 3.05) is 21.1 Å². The van der Waals surface area contributed by atoms with Crippen LogP contribution in [0.1, 0.15) is 64.7 Å². The fourth-order valence-electron chi connectivity index (χ4n) is 1.41. The van der Waals surface area contributed by atoms with Crippen LogP contribution in [0, 0.1) is 0 Å². The molecule has 0 aromatic rings. The summed E-state index contributed by atoms with van der Waals surface area (Å²) in [6.45, 7) is 2.22. The number of nitrogens with zero attached hydrogens (tertiary/aromatic N) is 1. The maximum Gasteiger partial charge on any atom is 0.303 e. The number of unbranched alkanes of at least 4 members (excludes halogenated alkanes) is 7. The summed E-state index contributed by atoms with van der Waals surface area (Å²) >= 11 is 0. The first-order valence-electron chi connectivity index (χ1n) is 6.83. The number of carboxylic acid groups (broad SMARTS) is 1. The van der Waals surface area contributed by atoms with Crippen molar-refractivity contribution in [2.45, 2.75) is 64.7 Å². The number of carbonyl (C=O) groups is 1. The molecule has 1 N–H and O–H groups in total. The Labute approximate surface area is 107 Å². The molecule has 0 unspecified atom stereocenters. The average molecular weight is 245 g/mol. The van der Waals surface area contributed by atoms with E-state index in [1.807, 2.05) is 26.0 Å². The normalized spacial score (nSPS) is 9.94. The zero-order chi connectivity index (χ0) is 13.5. The van der Waals surface area contributed by atoms with Crippen LogP contribution in [0.2, 0.25) is 0 Å². The Bertz CT molecular complexity index is 156. The third kappa shape index (κ3) is 31.3. The van der Waals surface area contributed by atoms with Crippen LogP contribution in [0.25, 0.3) is 0 Å². The first-order chi connectivity index (χ1) is 8.00. The van der Waals surface area contributed by atoms with E-state index in [0.717, 1.165) is 12.8 Å². The highest BCUT2D eigenvalue weighted by atomic mass is 16.4. The van der Waals surface area contributed by atoms with Crippen LogP contribution in [0.3, 0.4) is 0 Å². The second kappa shape index (κ2) is 15.4. The van der Waals surface area contributed by atoms with Crippen molar-refractivity contribution >= 4 is 5.97 Å². The molecule has 0 atom stereocenters.